The van der Waals surface area contributed by atoms with Crippen molar-refractivity contribution in [3.63, 3.8) is 0 Å². The third kappa shape index (κ3) is 5.04. The lowest BCUT2D eigenvalue weighted by Crippen LogP contribution is -2.08. The summed E-state index contributed by atoms with van der Waals surface area (Å²) in [5.41, 5.74) is 0.318. The summed E-state index contributed by atoms with van der Waals surface area (Å²) in [6.07, 6.45) is 0. The fourth-order valence-corrected chi connectivity index (χ4v) is 2.21. The number of ether oxygens (including phenoxy) is 3. The van der Waals surface area contributed by atoms with Crippen LogP contribution in [-0.2, 0) is 18.0 Å². The lowest BCUT2D eigenvalue weighted by molar-refractivity contribution is 0.0425. The number of nitrogens with zero attached hydrogens (tertiary/aromatic N) is 2. The van der Waals surface area contributed by atoms with Gasteiger partial charge in [0.25, 0.3) is 5.89 Å². The lowest BCUT2D eigenvalue weighted by atomic mass is 10.2. The number of carbonyl (C=O) groups excluding carboxylic acids is 1. The second-order valence-electron chi connectivity index (χ2n) is 5.35. The molecule has 0 saturated heterocycles. The average Bonchev–Trinajstić information content (AvgIpc) is 3.14. The maximum absolute atomic E-state index is 12.8. The van der Waals surface area contributed by atoms with Crippen LogP contribution in [0.3, 0.4) is 0 Å². The molecule has 8 heteroatoms. The van der Waals surface area contributed by atoms with E-state index < -0.39 is 5.97 Å². The first-order valence-electron chi connectivity index (χ1n) is 8.24. The van der Waals surface area contributed by atoms with Crippen LogP contribution in [0.15, 0.2) is 53.1 Å². The maximum atomic E-state index is 12.8. The Kier molecular flexibility index (Phi) is 5.98. The molecule has 1 aromatic heterocycles. The predicted molar refractivity (Wildman–Crippen MR) is 91.8 cm³/mol. The van der Waals surface area contributed by atoms with Crippen LogP contribution in [0.5, 0.6) is 11.5 Å². The second kappa shape index (κ2) is 8.79. The molecule has 0 N–H and O–H groups in total. The fraction of sp³-hybridized carbons (Fsp3) is 0.211. The van der Waals surface area contributed by atoms with Gasteiger partial charge in [-0.25, -0.2) is 9.18 Å². The zero-order chi connectivity index (χ0) is 19.1. The SMILES string of the molecule is CCOc1ccccc1C(=O)OCc1nc(COc2ccc(F)cc2)no1. The van der Waals surface area contributed by atoms with Gasteiger partial charge in [0.05, 0.1) is 6.61 Å². The van der Waals surface area contributed by atoms with Crippen LogP contribution in [-0.4, -0.2) is 22.7 Å². The number of aromatic nitrogens is 2. The highest BCUT2D eigenvalue weighted by atomic mass is 19.1. The lowest BCUT2D eigenvalue weighted by Gasteiger charge is -2.08. The molecule has 3 rings (SSSR count). The Labute approximate surface area is 154 Å². The van der Waals surface area contributed by atoms with E-state index in [1.165, 1.54) is 24.3 Å². The number of benzene rings is 2. The summed E-state index contributed by atoms with van der Waals surface area (Å²) in [6.45, 7) is 2.13. The zero-order valence-corrected chi connectivity index (χ0v) is 14.6. The van der Waals surface area contributed by atoms with Gasteiger partial charge in [0.2, 0.25) is 5.82 Å². The fourth-order valence-electron chi connectivity index (χ4n) is 2.21. The van der Waals surface area contributed by atoms with Gasteiger partial charge in [-0.2, -0.15) is 4.98 Å². The summed E-state index contributed by atoms with van der Waals surface area (Å²) in [5.74, 6) is 0.430. The summed E-state index contributed by atoms with van der Waals surface area (Å²) in [4.78, 5) is 16.3. The largest absolute Gasteiger partial charge is 0.493 e. The summed E-state index contributed by atoms with van der Waals surface area (Å²) < 4.78 is 33.9. The maximum Gasteiger partial charge on any atom is 0.342 e. The molecule has 0 aliphatic carbocycles. The Morgan fingerprint density at radius 3 is 2.63 bits per heavy atom. The molecular formula is C19H17FN2O5. The van der Waals surface area contributed by atoms with E-state index in [-0.39, 0.29) is 30.7 Å². The molecule has 27 heavy (non-hydrogen) atoms. The summed E-state index contributed by atoms with van der Waals surface area (Å²) in [5, 5.41) is 3.75. The van der Waals surface area contributed by atoms with Crippen LogP contribution in [0.1, 0.15) is 29.0 Å². The molecule has 0 saturated carbocycles. The zero-order valence-electron chi connectivity index (χ0n) is 14.6. The molecule has 2 aromatic carbocycles. The Morgan fingerprint density at radius 1 is 1.07 bits per heavy atom. The molecule has 0 aliphatic rings. The molecule has 0 fully saturated rings. The third-order valence-corrected chi connectivity index (χ3v) is 3.43. The first-order valence-corrected chi connectivity index (χ1v) is 8.24. The molecular weight excluding hydrogens is 355 g/mol. The number of para-hydroxylation sites is 1. The van der Waals surface area contributed by atoms with E-state index in [0.29, 0.717) is 23.7 Å². The molecule has 0 radical (unpaired) electrons. The summed E-state index contributed by atoms with van der Waals surface area (Å²) >= 11 is 0. The van der Waals surface area contributed by atoms with Crippen LogP contribution in [0, 0.1) is 5.82 Å². The topological polar surface area (TPSA) is 83.7 Å². The smallest absolute Gasteiger partial charge is 0.342 e. The minimum Gasteiger partial charge on any atom is -0.493 e. The van der Waals surface area contributed by atoms with Crippen molar-refractivity contribution in [2.45, 2.75) is 20.1 Å². The highest BCUT2D eigenvalue weighted by Gasteiger charge is 2.15. The van der Waals surface area contributed by atoms with E-state index in [4.69, 9.17) is 18.7 Å². The molecule has 0 unspecified atom stereocenters. The first kappa shape index (κ1) is 18.4. The van der Waals surface area contributed by atoms with Crippen molar-refractivity contribution in [3.05, 3.63) is 71.6 Å². The van der Waals surface area contributed by atoms with Crippen molar-refractivity contribution < 1.29 is 27.9 Å². The van der Waals surface area contributed by atoms with Crippen molar-refractivity contribution in [2.75, 3.05) is 6.61 Å². The van der Waals surface area contributed by atoms with Crippen LogP contribution >= 0.6 is 0 Å². The van der Waals surface area contributed by atoms with Gasteiger partial charge in [0, 0.05) is 0 Å². The van der Waals surface area contributed by atoms with E-state index in [1.807, 2.05) is 6.92 Å². The minimum atomic E-state index is -0.554. The van der Waals surface area contributed by atoms with Crippen molar-refractivity contribution in [3.8, 4) is 11.5 Å². The third-order valence-electron chi connectivity index (χ3n) is 3.43. The Hall–Kier alpha value is -3.42. The van der Waals surface area contributed by atoms with Crippen molar-refractivity contribution >= 4 is 5.97 Å². The number of esters is 1. The van der Waals surface area contributed by atoms with E-state index >= 15 is 0 Å². The van der Waals surface area contributed by atoms with Gasteiger partial charge in [0.1, 0.15) is 22.9 Å². The highest BCUT2D eigenvalue weighted by molar-refractivity contribution is 5.92. The second-order valence-corrected chi connectivity index (χ2v) is 5.35. The van der Waals surface area contributed by atoms with E-state index in [0.717, 1.165) is 0 Å². The van der Waals surface area contributed by atoms with Crippen LogP contribution in [0.2, 0.25) is 0 Å². The van der Waals surface area contributed by atoms with Crippen molar-refractivity contribution in [1.82, 2.24) is 10.1 Å². The monoisotopic (exact) mass is 372 g/mol. The molecule has 1 heterocycles. The van der Waals surface area contributed by atoms with Gasteiger partial charge in [-0.15, -0.1) is 0 Å². The average molecular weight is 372 g/mol. The van der Waals surface area contributed by atoms with E-state index in [2.05, 4.69) is 10.1 Å². The Bertz CT molecular complexity index is 895. The standard InChI is InChI=1S/C19H17FN2O5/c1-2-24-16-6-4-3-5-15(16)19(23)26-12-18-21-17(22-27-18)11-25-14-9-7-13(20)8-10-14/h3-10H,2,11-12H2,1H3. The Morgan fingerprint density at radius 2 is 1.85 bits per heavy atom. The number of halogens is 1. The predicted octanol–water partition coefficient (Wildman–Crippen LogP) is 3.54. The van der Waals surface area contributed by atoms with Crippen molar-refractivity contribution in [2.24, 2.45) is 0 Å². The number of carbonyl (C=O) groups is 1. The summed E-state index contributed by atoms with van der Waals surface area (Å²) in [7, 11) is 0. The van der Waals surface area contributed by atoms with Crippen LogP contribution in [0.25, 0.3) is 0 Å². The molecule has 0 spiro atoms. The molecule has 0 amide bonds. The minimum absolute atomic E-state index is 0.0379. The van der Waals surface area contributed by atoms with Crippen LogP contribution in [0.4, 0.5) is 4.39 Å². The summed E-state index contributed by atoms with van der Waals surface area (Å²) in [6, 6.07) is 12.4. The molecule has 0 aliphatic heterocycles. The molecule has 3 aromatic rings. The molecule has 140 valence electrons. The first-order chi connectivity index (χ1) is 13.2. The van der Waals surface area contributed by atoms with Gasteiger partial charge in [-0.05, 0) is 43.3 Å². The van der Waals surface area contributed by atoms with Gasteiger partial charge in [-0.1, -0.05) is 17.3 Å². The quantitative estimate of drug-likeness (QED) is 0.559. The van der Waals surface area contributed by atoms with Gasteiger partial charge < -0.3 is 18.7 Å². The molecule has 0 bridgehead atoms. The van der Waals surface area contributed by atoms with Gasteiger partial charge >= 0.3 is 5.97 Å². The van der Waals surface area contributed by atoms with E-state index in [1.54, 1.807) is 24.3 Å². The number of hydrogen-bond donors (Lipinski definition) is 0. The Balaban J connectivity index is 1.53. The van der Waals surface area contributed by atoms with Crippen molar-refractivity contribution in [1.29, 1.82) is 0 Å². The number of hydrogen-bond acceptors (Lipinski definition) is 7. The van der Waals surface area contributed by atoms with E-state index in [9.17, 15) is 9.18 Å². The van der Waals surface area contributed by atoms with Crippen LogP contribution < -0.4 is 9.47 Å². The molecule has 0 atom stereocenters. The van der Waals surface area contributed by atoms with Gasteiger partial charge in [-0.3, -0.25) is 0 Å². The molecule has 7 nitrogen and oxygen atoms in total. The highest BCUT2D eigenvalue weighted by Crippen LogP contribution is 2.19. The normalized spacial score (nSPS) is 10.4. The van der Waals surface area contributed by atoms with Gasteiger partial charge in [0.15, 0.2) is 13.2 Å². The number of rotatable bonds is 8.